The van der Waals surface area contributed by atoms with Crippen molar-refractivity contribution in [3.63, 3.8) is 0 Å². The molecule has 1 heterocycles. The van der Waals surface area contributed by atoms with E-state index in [2.05, 4.69) is 48.2 Å². The molecule has 0 aliphatic heterocycles. The first-order valence-electron chi connectivity index (χ1n) is 7.39. The highest BCUT2D eigenvalue weighted by Gasteiger charge is 2.01. The Morgan fingerprint density at radius 3 is 2.74 bits per heavy atom. The van der Waals surface area contributed by atoms with E-state index in [1.807, 2.05) is 13.0 Å². The maximum absolute atomic E-state index is 4.53. The fraction of sp³-hybridized carbons (Fsp3) is 0.688. The highest BCUT2D eigenvalue weighted by molar-refractivity contribution is 5.09. The van der Waals surface area contributed by atoms with E-state index in [0.29, 0.717) is 0 Å². The predicted molar refractivity (Wildman–Crippen MR) is 82.2 cm³/mol. The van der Waals surface area contributed by atoms with Crippen LogP contribution in [0.1, 0.15) is 38.1 Å². The van der Waals surface area contributed by atoms with E-state index in [-0.39, 0.29) is 0 Å². The minimum absolute atomic E-state index is 0.817. The molecule has 108 valence electrons. The fourth-order valence-electron chi connectivity index (χ4n) is 2.07. The van der Waals surface area contributed by atoms with Crippen LogP contribution in [0.4, 0.5) is 0 Å². The Morgan fingerprint density at radius 2 is 2.05 bits per heavy atom. The summed E-state index contributed by atoms with van der Waals surface area (Å²) in [7, 11) is 2.15. The lowest BCUT2D eigenvalue weighted by atomic mass is 10.1. The van der Waals surface area contributed by atoms with Crippen LogP contribution in [0, 0.1) is 12.8 Å². The second-order valence-electron chi connectivity index (χ2n) is 5.79. The van der Waals surface area contributed by atoms with Crippen LogP contribution >= 0.6 is 0 Å². The van der Waals surface area contributed by atoms with Gasteiger partial charge in [0.15, 0.2) is 0 Å². The molecule has 19 heavy (non-hydrogen) atoms. The van der Waals surface area contributed by atoms with E-state index < -0.39 is 0 Å². The number of hydrogen-bond donors (Lipinski definition) is 1. The van der Waals surface area contributed by atoms with Gasteiger partial charge in [-0.15, -0.1) is 0 Å². The maximum Gasteiger partial charge on any atom is 0.0547 e. The third-order valence-electron chi connectivity index (χ3n) is 3.18. The lowest BCUT2D eigenvalue weighted by molar-refractivity contribution is 0.319. The zero-order valence-electron chi connectivity index (χ0n) is 12.9. The summed E-state index contributed by atoms with van der Waals surface area (Å²) in [5, 5.41) is 3.51. The Kier molecular flexibility index (Phi) is 7.68. The summed E-state index contributed by atoms with van der Waals surface area (Å²) in [6, 6.07) is 6.22. The van der Waals surface area contributed by atoms with Crippen molar-refractivity contribution in [2.24, 2.45) is 5.92 Å². The first-order valence-corrected chi connectivity index (χ1v) is 7.39. The van der Waals surface area contributed by atoms with Gasteiger partial charge in [-0.1, -0.05) is 19.9 Å². The van der Waals surface area contributed by atoms with Gasteiger partial charge in [-0.25, -0.2) is 0 Å². The second kappa shape index (κ2) is 9.05. The number of aryl methyl sites for hydroxylation is 1. The van der Waals surface area contributed by atoms with Crippen LogP contribution in [0.3, 0.4) is 0 Å². The van der Waals surface area contributed by atoms with Crippen LogP contribution in [-0.4, -0.2) is 36.6 Å². The summed E-state index contributed by atoms with van der Waals surface area (Å²) in [6.07, 6.45) is 2.59. The van der Waals surface area contributed by atoms with E-state index in [1.54, 1.807) is 0 Å². The molecule has 0 unspecified atom stereocenters. The Morgan fingerprint density at radius 1 is 1.26 bits per heavy atom. The van der Waals surface area contributed by atoms with Crippen LogP contribution in [0.15, 0.2) is 18.2 Å². The van der Waals surface area contributed by atoms with Crippen molar-refractivity contribution >= 4 is 0 Å². The molecule has 0 atom stereocenters. The van der Waals surface area contributed by atoms with Crippen molar-refractivity contribution in [2.75, 3.05) is 26.7 Å². The normalized spacial score (nSPS) is 11.5. The van der Waals surface area contributed by atoms with Crippen molar-refractivity contribution in [1.82, 2.24) is 15.2 Å². The quantitative estimate of drug-likeness (QED) is 0.694. The molecule has 0 aliphatic carbocycles. The van der Waals surface area contributed by atoms with Crippen molar-refractivity contribution < 1.29 is 0 Å². The predicted octanol–water partition coefficient (Wildman–Crippen LogP) is 2.85. The molecule has 1 N–H and O–H groups in total. The summed E-state index contributed by atoms with van der Waals surface area (Å²) in [4.78, 5) is 6.84. The number of pyridine rings is 1. The molecular weight excluding hydrogens is 234 g/mol. The number of nitrogens with one attached hydrogen (secondary N) is 1. The number of hydrogen-bond acceptors (Lipinski definition) is 3. The van der Waals surface area contributed by atoms with Crippen molar-refractivity contribution in [3.8, 4) is 0 Å². The molecule has 0 radical (unpaired) electrons. The van der Waals surface area contributed by atoms with E-state index in [4.69, 9.17) is 0 Å². The topological polar surface area (TPSA) is 28.2 Å². The third kappa shape index (κ3) is 7.96. The molecule has 3 nitrogen and oxygen atoms in total. The standard InChI is InChI=1S/C16H29N3/c1-14(2)7-6-10-17-11-12-19(4)13-16-9-5-8-15(3)18-16/h5,8-9,14,17H,6-7,10-13H2,1-4H3. The molecule has 1 rings (SSSR count). The van der Waals surface area contributed by atoms with Gasteiger partial charge in [0.05, 0.1) is 5.69 Å². The largest absolute Gasteiger partial charge is 0.315 e. The van der Waals surface area contributed by atoms with E-state index in [0.717, 1.165) is 43.5 Å². The Hall–Kier alpha value is -0.930. The van der Waals surface area contributed by atoms with Crippen LogP contribution < -0.4 is 5.32 Å². The molecule has 1 aromatic rings. The molecule has 0 aromatic carbocycles. The van der Waals surface area contributed by atoms with Crippen LogP contribution in [-0.2, 0) is 6.54 Å². The monoisotopic (exact) mass is 263 g/mol. The Labute approximate surface area is 118 Å². The summed E-state index contributed by atoms with van der Waals surface area (Å²) < 4.78 is 0. The number of nitrogens with zero attached hydrogens (tertiary/aromatic N) is 2. The van der Waals surface area contributed by atoms with Gasteiger partial charge >= 0.3 is 0 Å². The van der Waals surface area contributed by atoms with Gasteiger partial charge in [0.25, 0.3) is 0 Å². The molecule has 0 spiro atoms. The van der Waals surface area contributed by atoms with Gasteiger partial charge in [-0.05, 0) is 51.4 Å². The molecule has 0 amide bonds. The van der Waals surface area contributed by atoms with Gasteiger partial charge in [0.2, 0.25) is 0 Å². The summed E-state index contributed by atoms with van der Waals surface area (Å²) in [6.45, 7) is 10.8. The highest BCUT2D eigenvalue weighted by atomic mass is 15.1. The van der Waals surface area contributed by atoms with E-state index in [9.17, 15) is 0 Å². The molecular formula is C16H29N3. The SMILES string of the molecule is Cc1cccc(CN(C)CCNCCCC(C)C)n1. The second-order valence-corrected chi connectivity index (χ2v) is 5.79. The van der Waals surface area contributed by atoms with Crippen LogP contribution in [0.5, 0.6) is 0 Å². The minimum Gasteiger partial charge on any atom is -0.315 e. The highest BCUT2D eigenvalue weighted by Crippen LogP contribution is 2.02. The zero-order chi connectivity index (χ0) is 14.1. The first kappa shape index (κ1) is 16.1. The molecule has 3 heteroatoms. The summed E-state index contributed by atoms with van der Waals surface area (Å²) in [5.41, 5.74) is 2.25. The Balaban J connectivity index is 2.09. The third-order valence-corrected chi connectivity index (χ3v) is 3.18. The zero-order valence-corrected chi connectivity index (χ0v) is 12.9. The average molecular weight is 263 g/mol. The minimum atomic E-state index is 0.817. The van der Waals surface area contributed by atoms with Crippen LogP contribution in [0.25, 0.3) is 0 Å². The van der Waals surface area contributed by atoms with Gasteiger partial charge in [0, 0.05) is 25.3 Å². The fourth-order valence-corrected chi connectivity index (χ4v) is 2.07. The number of aromatic nitrogens is 1. The Bertz CT molecular complexity index is 350. The van der Waals surface area contributed by atoms with Gasteiger partial charge in [-0.2, -0.15) is 0 Å². The van der Waals surface area contributed by atoms with E-state index in [1.165, 1.54) is 12.8 Å². The smallest absolute Gasteiger partial charge is 0.0547 e. The molecule has 0 fully saturated rings. The lowest BCUT2D eigenvalue weighted by Crippen LogP contribution is -2.29. The maximum atomic E-state index is 4.53. The van der Waals surface area contributed by atoms with Gasteiger partial charge < -0.3 is 5.32 Å². The average Bonchev–Trinajstić information content (AvgIpc) is 2.33. The van der Waals surface area contributed by atoms with Crippen molar-refractivity contribution in [3.05, 3.63) is 29.6 Å². The van der Waals surface area contributed by atoms with Crippen molar-refractivity contribution in [2.45, 2.75) is 40.2 Å². The molecule has 0 aliphatic rings. The first-order chi connectivity index (χ1) is 9.08. The van der Waals surface area contributed by atoms with Crippen LogP contribution in [0.2, 0.25) is 0 Å². The molecule has 0 bridgehead atoms. The summed E-state index contributed by atoms with van der Waals surface area (Å²) in [5.74, 6) is 0.817. The summed E-state index contributed by atoms with van der Waals surface area (Å²) >= 11 is 0. The van der Waals surface area contributed by atoms with E-state index >= 15 is 0 Å². The molecule has 1 aromatic heterocycles. The van der Waals surface area contributed by atoms with Gasteiger partial charge in [-0.3, -0.25) is 9.88 Å². The lowest BCUT2D eigenvalue weighted by Gasteiger charge is -2.16. The molecule has 0 saturated carbocycles. The number of rotatable bonds is 9. The van der Waals surface area contributed by atoms with Crippen molar-refractivity contribution in [1.29, 1.82) is 0 Å². The van der Waals surface area contributed by atoms with Gasteiger partial charge in [0.1, 0.15) is 0 Å². The molecule has 0 saturated heterocycles. The number of likely N-dealkylation sites (N-methyl/N-ethyl adjacent to an activating group) is 1.